The topological polar surface area (TPSA) is 0 Å². The number of benzene rings is 1. The molecule has 0 fully saturated rings. The van der Waals surface area contributed by atoms with E-state index in [2.05, 4.69) is 38.3 Å². The first-order chi connectivity index (χ1) is 5.27. The molecule has 60 valence electrons. The molecule has 0 heterocycles. The molecule has 0 aromatic heterocycles. The van der Waals surface area contributed by atoms with Crippen molar-refractivity contribution in [1.82, 2.24) is 0 Å². The van der Waals surface area contributed by atoms with E-state index < -0.39 is 0 Å². The van der Waals surface area contributed by atoms with Gasteiger partial charge in [-0.05, 0) is 31.2 Å². The molecule has 1 rings (SSSR count). The van der Waals surface area contributed by atoms with E-state index in [0.29, 0.717) is 0 Å². The van der Waals surface area contributed by atoms with Crippen LogP contribution in [0.1, 0.15) is 18.1 Å². The van der Waals surface area contributed by atoms with E-state index in [1.807, 2.05) is 11.8 Å². The first-order valence-electron chi connectivity index (χ1n) is 3.91. The van der Waals surface area contributed by atoms with Crippen molar-refractivity contribution in [2.75, 3.05) is 6.26 Å². The van der Waals surface area contributed by atoms with Gasteiger partial charge in [-0.1, -0.05) is 24.6 Å². The van der Waals surface area contributed by atoms with Gasteiger partial charge < -0.3 is 0 Å². The molecule has 0 aliphatic carbocycles. The molecule has 1 aromatic rings. The van der Waals surface area contributed by atoms with Crippen LogP contribution in [0.25, 0.3) is 0 Å². The molecule has 0 saturated heterocycles. The van der Waals surface area contributed by atoms with Crippen molar-refractivity contribution in [1.29, 1.82) is 0 Å². The van der Waals surface area contributed by atoms with Gasteiger partial charge in [0, 0.05) is 4.90 Å². The number of hydrogen-bond acceptors (Lipinski definition) is 1. The first-order valence-corrected chi connectivity index (χ1v) is 5.14. The molecule has 0 nitrogen and oxygen atoms in total. The number of thioether (sulfide) groups is 1. The molecular weight excluding hydrogens is 152 g/mol. The van der Waals surface area contributed by atoms with Crippen molar-refractivity contribution in [3.8, 4) is 0 Å². The van der Waals surface area contributed by atoms with Crippen molar-refractivity contribution >= 4 is 11.8 Å². The van der Waals surface area contributed by atoms with Gasteiger partial charge >= 0.3 is 0 Å². The summed E-state index contributed by atoms with van der Waals surface area (Å²) in [6.45, 7) is 4.34. The smallest absolute Gasteiger partial charge is 0.0104 e. The van der Waals surface area contributed by atoms with Crippen molar-refractivity contribution in [3.63, 3.8) is 0 Å². The summed E-state index contributed by atoms with van der Waals surface area (Å²) in [5.41, 5.74) is 2.81. The summed E-state index contributed by atoms with van der Waals surface area (Å²) in [5, 5.41) is 0. The monoisotopic (exact) mass is 166 g/mol. The van der Waals surface area contributed by atoms with Crippen molar-refractivity contribution in [2.45, 2.75) is 25.2 Å². The average molecular weight is 166 g/mol. The van der Waals surface area contributed by atoms with Crippen LogP contribution in [0, 0.1) is 6.92 Å². The molecule has 0 spiro atoms. The third-order valence-electron chi connectivity index (χ3n) is 1.82. The lowest BCUT2D eigenvalue weighted by molar-refractivity contribution is 1.08. The lowest BCUT2D eigenvalue weighted by Crippen LogP contribution is -1.85. The molecule has 0 saturated carbocycles. The minimum absolute atomic E-state index is 1.14. The standard InChI is InChI=1S/C10H14S/c1-4-9-6-5-8(2)7-10(9)11-3/h5-7H,4H2,1-3H3. The Morgan fingerprint density at radius 1 is 1.36 bits per heavy atom. The molecule has 1 heteroatoms. The van der Waals surface area contributed by atoms with Gasteiger partial charge in [0.2, 0.25) is 0 Å². The highest BCUT2D eigenvalue weighted by Crippen LogP contribution is 2.21. The van der Waals surface area contributed by atoms with E-state index in [1.54, 1.807) is 0 Å². The van der Waals surface area contributed by atoms with E-state index in [9.17, 15) is 0 Å². The van der Waals surface area contributed by atoms with Crippen LogP contribution in [-0.4, -0.2) is 6.26 Å². The number of rotatable bonds is 2. The quantitative estimate of drug-likeness (QED) is 0.608. The molecule has 11 heavy (non-hydrogen) atoms. The predicted octanol–water partition coefficient (Wildman–Crippen LogP) is 3.28. The Morgan fingerprint density at radius 3 is 2.64 bits per heavy atom. The second kappa shape index (κ2) is 3.82. The van der Waals surface area contributed by atoms with Crippen molar-refractivity contribution < 1.29 is 0 Å². The van der Waals surface area contributed by atoms with Gasteiger partial charge in [0.05, 0.1) is 0 Å². The summed E-state index contributed by atoms with van der Waals surface area (Å²) >= 11 is 1.83. The Morgan fingerprint density at radius 2 is 2.09 bits per heavy atom. The minimum atomic E-state index is 1.14. The normalized spacial score (nSPS) is 10.1. The van der Waals surface area contributed by atoms with Gasteiger partial charge in [0.15, 0.2) is 0 Å². The summed E-state index contributed by atoms with van der Waals surface area (Å²) < 4.78 is 0. The number of aryl methyl sites for hydroxylation is 2. The molecule has 0 radical (unpaired) electrons. The first kappa shape index (κ1) is 8.66. The molecule has 0 unspecified atom stereocenters. The fraction of sp³-hybridized carbons (Fsp3) is 0.400. The second-order valence-corrected chi connectivity index (χ2v) is 3.52. The zero-order valence-corrected chi connectivity index (χ0v) is 8.16. The Hall–Kier alpha value is -0.430. The van der Waals surface area contributed by atoms with Crippen LogP contribution >= 0.6 is 11.8 Å². The van der Waals surface area contributed by atoms with E-state index in [0.717, 1.165) is 6.42 Å². The largest absolute Gasteiger partial charge is 0.129 e. The van der Waals surface area contributed by atoms with Crippen LogP contribution in [0.2, 0.25) is 0 Å². The third-order valence-corrected chi connectivity index (χ3v) is 2.64. The van der Waals surface area contributed by atoms with Crippen molar-refractivity contribution in [2.24, 2.45) is 0 Å². The summed E-state index contributed by atoms with van der Waals surface area (Å²) in [5.74, 6) is 0. The average Bonchev–Trinajstić information content (AvgIpc) is 2.04. The Labute approximate surface area is 73.0 Å². The van der Waals surface area contributed by atoms with Gasteiger partial charge in [-0.15, -0.1) is 11.8 Å². The predicted molar refractivity (Wildman–Crippen MR) is 52.3 cm³/mol. The summed E-state index contributed by atoms with van der Waals surface area (Å²) in [6.07, 6.45) is 3.27. The SMILES string of the molecule is CCc1ccc(C)cc1SC. The molecule has 0 bridgehead atoms. The number of hydrogen-bond donors (Lipinski definition) is 0. The zero-order valence-electron chi connectivity index (χ0n) is 7.35. The molecule has 0 N–H and O–H groups in total. The Bertz CT molecular complexity index is 241. The van der Waals surface area contributed by atoms with Gasteiger partial charge in [0.1, 0.15) is 0 Å². The molecular formula is C10H14S. The van der Waals surface area contributed by atoms with Crippen LogP contribution in [0.3, 0.4) is 0 Å². The van der Waals surface area contributed by atoms with Gasteiger partial charge in [-0.3, -0.25) is 0 Å². The summed E-state index contributed by atoms with van der Waals surface area (Å²) in [4.78, 5) is 1.42. The third kappa shape index (κ3) is 2.00. The van der Waals surface area contributed by atoms with Crippen LogP contribution in [0.5, 0.6) is 0 Å². The highest BCUT2D eigenvalue weighted by Gasteiger charge is 1.97. The summed E-state index contributed by atoms with van der Waals surface area (Å²) in [7, 11) is 0. The van der Waals surface area contributed by atoms with Gasteiger partial charge in [-0.2, -0.15) is 0 Å². The fourth-order valence-electron chi connectivity index (χ4n) is 1.14. The second-order valence-electron chi connectivity index (χ2n) is 2.67. The van der Waals surface area contributed by atoms with Crippen LogP contribution < -0.4 is 0 Å². The lowest BCUT2D eigenvalue weighted by Gasteiger charge is -2.04. The molecule has 0 atom stereocenters. The van der Waals surface area contributed by atoms with E-state index in [1.165, 1.54) is 16.0 Å². The Kier molecular flexibility index (Phi) is 3.01. The van der Waals surface area contributed by atoms with Crippen molar-refractivity contribution in [3.05, 3.63) is 29.3 Å². The van der Waals surface area contributed by atoms with E-state index >= 15 is 0 Å². The van der Waals surface area contributed by atoms with Crippen LogP contribution in [0.15, 0.2) is 23.1 Å². The van der Waals surface area contributed by atoms with Crippen LogP contribution in [-0.2, 0) is 6.42 Å². The Balaban J connectivity index is 3.06. The molecule has 0 amide bonds. The molecule has 0 aliphatic rings. The highest BCUT2D eigenvalue weighted by molar-refractivity contribution is 7.98. The summed E-state index contributed by atoms with van der Waals surface area (Å²) in [6, 6.07) is 6.66. The van der Waals surface area contributed by atoms with Gasteiger partial charge in [0.25, 0.3) is 0 Å². The molecule has 0 aliphatic heterocycles. The molecule has 1 aromatic carbocycles. The fourth-order valence-corrected chi connectivity index (χ4v) is 1.92. The minimum Gasteiger partial charge on any atom is -0.129 e. The van der Waals surface area contributed by atoms with Crippen LogP contribution in [0.4, 0.5) is 0 Å². The zero-order chi connectivity index (χ0) is 8.27. The van der Waals surface area contributed by atoms with Gasteiger partial charge in [-0.25, -0.2) is 0 Å². The maximum atomic E-state index is 2.25. The maximum absolute atomic E-state index is 2.25. The van der Waals surface area contributed by atoms with E-state index in [4.69, 9.17) is 0 Å². The lowest BCUT2D eigenvalue weighted by atomic mass is 10.1. The highest BCUT2D eigenvalue weighted by atomic mass is 32.2. The van der Waals surface area contributed by atoms with E-state index in [-0.39, 0.29) is 0 Å². The maximum Gasteiger partial charge on any atom is 0.0104 e.